The van der Waals surface area contributed by atoms with Gasteiger partial charge in [0.15, 0.2) is 0 Å². The number of methoxy groups -OCH3 is 1. The van der Waals surface area contributed by atoms with Gasteiger partial charge in [-0.2, -0.15) is 0 Å². The summed E-state index contributed by atoms with van der Waals surface area (Å²) in [5.74, 6) is 0.437. The van der Waals surface area contributed by atoms with Crippen LogP contribution in [-0.2, 0) is 9.59 Å². The summed E-state index contributed by atoms with van der Waals surface area (Å²) >= 11 is 0. The van der Waals surface area contributed by atoms with Crippen molar-refractivity contribution in [2.75, 3.05) is 17.7 Å². The van der Waals surface area contributed by atoms with Gasteiger partial charge in [0.25, 0.3) is 0 Å². The molecule has 3 aromatic rings. The average Bonchev–Trinajstić information content (AvgIpc) is 2.74. The van der Waals surface area contributed by atoms with Crippen LogP contribution < -0.4 is 20.7 Å². The predicted octanol–water partition coefficient (Wildman–Crippen LogP) is 2.24. The second-order valence-corrected chi connectivity index (χ2v) is 6.74. The molecule has 0 spiro atoms. The van der Waals surface area contributed by atoms with Crippen molar-refractivity contribution < 1.29 is 14.3 Å². The van der Waals surface area contributed by atoms with Crippen molar-refractivity contribution >= 4 is 40.3 Å². The molecule has 0 saturated carbocycles. The summed E-state index contributed by atoms with van der Waals surface area (Å²) in [6.07, 6.45) is -0.0404. The van der Waals surface area contributed by atoms with Gasteiger partial charge >= 0.3 is 0 Å². The Bertz CT molecular complexity index is 1150. The molecule has 0 bridgehead atoms. The Hall–Kier alpha value is -4.01. The number of aliphatic imine (C=N–C) groups is 1. The van der Waals surface area contributed by atoms with E-state index in [1.807, 2.05) is 43.3 Å². The molecule has 1 unspecified atom stereocenters. The molecule has 0 fully saturated rings. The highest BCUT2D eigenvalue weighted by atomic mass is 16.5. The van der Waals surface area contributed by atoms with Crippen LogP contribution >= 0.6 is 0 Å². The van der Waals surface area contributed by atoms with Crippen LogP contribution in [0.25, 0.3) is 10.9 Å². The van der Waals surface area contributed by atoms with Crippen LogP contribution in [0.15, 0.2) is 53.5 Å². The lowest BCUT2D eigenvalue weighted by Gasteiger charge is -2.21. The number of fused-ring (bicyclic) bond motifs is 1. The summed E-state index contributed by atoms with van der Waals surface area (Å²) < 4.78 is 5.24. The number of nitrogens with zero attached hydrogens (tertiary/aromatic N) is 3. The zero-order valence-electron chi connectivity index (χ0n) is 16.5. The molecule has 2 aromatic carbocycles. The van der Waals surface area contributed by atoms with Gasteiger partial charge in [-0.05, 0) is 37.3 Å². The van der Waals surface area contributed by atoms with Gasteiger partial charge in [-0.25, -0.2) is 15.0 Å². The third kappa shape index (κ3) is 4.19. The van der Waals surface area contributed by atoms with Gasteiger partial charge in [0.05, 0.1) is 24.7 Å². The van der Waals surface area contributed by atoms with Crippen LogP contribution in [0.2, 0.25) is 0 Å². The van der Waals surface area contributed by atoms with E-state index in [0.29, 0.717) is 17.0 Å². The lowest BCUT2D eigenvalue weighted by atomic mass is 10.1. The van der Waals surface area contributed by atoms with E-state index >= 15 is 0 Å². The monoisotopic (exact) mass is 404 g/mol. The predicted molar refractivity (Wildman–Crippen MR) is 114 cm³/mol. The van der Waals surface area contributed by atoms with Gasteiger partial charge in [0.1, 0.15) is 11.8 Å². The van der Waals surface area contributed by atoms with E-state index in [9.17, 15) is 9.59 Å². The quantitative estimate of drug-likeness (QED) is 0.614. The van der Waals surface area contributed by atoms with Crippen LogP contribution in [0.4, 0.5) is 11.6 Å². The molecule has 30 heavy (non-hydrogen) atoms. The van der Waals surface area contributed by atoms with Crippen molar-refractivity contribution in [2.45, 2.75) is 19.4 Å². The summed E-state index contributed by atoms with van der Waals surface area (Å²) in [6, 6.07) is 13.7. The Morgan fingerprint density at radius 1 is 1.17 bits per heavy atom. The maximum Gasteiger partial charge on any atom is 0.249 e. The van der Waals surface area contributed by atoms with Crippen molar-refractivity contribution in [3.05, 3.63) is 54.2 Å². The van der Waals surface area contributed by atoms with Crippen LogP contribution in [-0.4, -0.2) is 40.9 Å². The summed E-state index contributed by atoms with van der Waals surface area (Å²) in [4.78, 5) is 37.8. The first-order valence-corrected chi connectivity index (χ1v) is 9.35. The number of amides is 2. The standard InChI is InChI=1S/C21H20N6O3/c1-12-15-10-14(30-2)8-9-16(15)24-20(22-12)27-21-25-17(11-18(28)26-21)19(29)23-13-6-4-3-5-7-13/h3-10,17H,11H2,1-2H3,(H,23,29)(H2,22,24,25,26,27,28). The third-order valence-electron chi connectivity index (χ3n) is 4.59. The molecule has 2 amide bonds. The molecule has 1 aliphatic rings. The molecule has 0 aliphatic carbocycles. The van der Waals surface area contributed by atoms with E-state index in [1.54, 1.807) is 19.2 Å². The van der Waals surface area contributed by atoms with Gasteiger partial charge in [0, 0.05) is 11.1 Å². The van der Waals surface area contributed by atoms with Crippen molar-refractivity contribution in [2.24, 2.45) is 4.99 Å². The van der Waals surface area contributed by atoms with Gasteiger partial charge in [0.2, 0.25) is 23.7 Å². The minimum Gasteiger partial charge on any atom is -0.497 e. The molecule has 9 nitrogen and oxygen atoms in total. The lowest BCUT2D eigenvalue weighted by Crippen LogP contribution is -2.46. The number of anilines is 2. The molecule has 0 radical (unpaired) electrons. The largest absolute Gasteiger partial charge is 0.497 e. The Kier molecular flexibility index (Phi) is 5.25. The number of hydrogen-bond donors (Lipinski definition) is 3. The first-order valence-electron chi connectivity index (χ1n) is 9.35. The maximum atomic E-state index is 12.5. The summed E-state index contributed by atoms with van der Waals surface area (Å²) in [5, 5.41) is 9.15. The van der Waals surface area contributed by atoms with E-state index in [-0.39, 0.29) is 30.1 Å². The zero-order chi connectivity index (χ0) is 21.1. The molecular formula is C21H20N6O3. The molecule has 1 atom stereocenters. The van der Waals surface area contributed by atoms with Crippen LogP contribution in [0, 0.1) is 6.92 Å². The smallest absolute Gasteiger partial charge is 0.249 e. The molecule has 1 aliphatic heterocycles. The zero-order valence-corrected chi connectivity index (χ0v) is 16.5. The number of guanidine groups is 1. The first-order chi connectivity index (χ1) is 14.5. The minimum absolute atomic E-state index is 0.0404. The number of aromatic nitrogens is 2. The number of carbonyl (C=O) groups is 2. The molecule has 9 heteroatoms. The number of rotatable bonds is 4. The highest BCUT2D eigenvalue weighted by molar-refractivity contribution is 6.09. The fourth-order valence-corrected chi connectivity index (χ4v) is 3.10. The number of carbonyl (C=O) groups excluding carboxylic acids is 2. The minimum atomic E-state index is -0.854. The number of para-hydroxylation sites is 1. The van der Waals surface area contributed by atoms with Crippen LogP contribution in [0.5, 0.6) is 5.75 Å². The number of benzene rings is 2. The Morgan fingerprint density at radius 3 is 2.73 bits per heavy atom. The summed E-state index contributed by atoms with van der Waals surface area (Å²) in [7, 11) is 1.60. The van der Waals surface area contributed by atoms with Gasteiger partial charge in [-0.1, -0.05) is 18.2 Å². The Labute approximate surface area is 172 Å². The summed E-state index contributed by atoms with van der Waals surface area (Å²) in [5.41, 5.74) is 2.09. The van der Waals surface area contributed by atoms with Crippen molar-refractivity contribution in [1.29, 1.82) is 0 Å². The average molecular weight is 404 g/mol. The second-order valence-electron chi connectivity index (χ2n) is 6.74. The number of hydrogen-bond acceptors (Lipinski definition) is 7. The molecule has 0 saturated heterocycles. The molecule has 1 aromatic heterocycles. The van der Waals surface area contributed by atoms with E-state index < -0.39 is 6.04 Å². The van der Waals surface area contributed by atoms with Gasteiger partial charge in [-0.15, -0.1) is 0 Å². The first kappa shape index (κ1) is 19.3. The molecule has 2 heterocycles. The number of nitrogens with one attached hydrogen (secondary N) is 3. The fourth-order valence-electron chi connectivity index (χ4n) is 3.10. The molecule has 3 N–H and O–H groups in total. The van der Waals surface area contributed by atoms with Gasteiger partial charge < -0.3 is 10.1 Å². The van der Waals surface area contributed by atoms with Crippen molar-refractivity contribution in [3.8, 4) is 5.75 Å². The highest BCUT2D eigenvalue weighted by Crippen LogP contribution is 2.22. The van der Waals surface area contributed by atoms with Crippen molar-refractivity contribution in [3.63, 3.8) is 0 Å². The van der Waals surface area contributed by atoms with E-state index in [2.05, 4.69) is 30.9 Å². The SMILES string of the molecule is COc1ccc2nc(NC3=NC(C(=O)Nc4ccccc4)CC(=O)N3)nc(C)c2c1. The van der Waals surface area contributed by atoms with Crippen LogP contribution in [0.3, 0.4) is 0 Å². The van der Waals surface area contributed by atoms with E-state index in [4.69, 9.17) is 4.74 Å². The van der Waals surface area contributed by atoms with E-state index in [1.165, 1.54) is 0 Å². The topological polar surface area (TPSA) is 118 Å². The highest BCUT2D eigenvalue weighted by Gasteiger charge is 2.27. The molecular weight excluding hydrogens is 384 g/mol. The fraction of sp³-hybridized carbons (Fsp3) is 0.190. The van der Waals surface area contributed by atoms with Crippen molar-refractivity contribution in [1.82, 2.24) is 15.3 Å². The maximum absolute atomic E-state index is 12.5. The Balaban J connectivity index is 1.55. The Morgan fingerprint density at radius 2 is 1.97 bits per heavy atom. The molecule has 152 valence electrons. The molecule has 4 rings (SSSR count). The number of ether oxygens (including phenoxy) is 1. The third-order valence-corrected chi connectivity index (χ3v) is 4.59. The second kappa shape index (κ2) is 8.16. The van der Waals surface area contributed by atoms with Gasteiger partial charge in [-0.3, -0.25) is 20.2 Å². The number of aryl methyl sites for hydroxylation is 1. The normalized spacial score (nSPS) is 15.9. The lowest BCUT2D eigenvalue weighted by molar-refractivity contribution is -0.124. The summed E-state index contributed by atoms with van der Waals surface area (Å²) in [6.45, 7) is 1.85. The van der Waals surface area contributed by atoms with E-state index in [0.717, 1.165) is 11.1 Å². The van der Waals surface area contributed by atoms with Crippen LogP contribution in [0.1, 0.15) is 12.1 Å².